The van der Waals surface area contributed by atoms with Gasteiger partial charge in [0.15, 0.2) is 0 Å². The fourth-order valence-corrected chi connectivity index (χ4v) is 1.29. The number of hydrogen-bond acceptors (Lipinski definition) is 4. The topological polar surface area (TPSA) is 81.3 Å². The quantitative estimate of drug-likeness (QED) is 0.422. The largest absolute Gasteiger partial charge is 0.418 e. The molecule has 0 amide bonds. The van der Waals surface area contributed by atoms with Gasteiger partial charge in [-0.25, -0.2) is 5.84 Å². The Morgan fingerprint density at radius 1 is 1.35 bits per heavy atom. The van der Waals surface area contributed by atoms with Crippen LogP contribution < -0.4 is 22.3 Å². The van der Waals surface area contributed by atoms with Crippen molar-refractivity contribution < 1.29 is 13.2 Å². The Labute approximate surface area is 96.4 Å². The van der Waals surface area contributed by atoms with E-state index in [0.29, 0.717) is 0 Å². The molecule has 0 radical (unpaired) electrons. The van der Waals surface area contributed by atoms with Gasteiger partial charge in [0.1, 0.15) is 0 Å². The third-order valence-electron chi connectivity index (χ3n) is 1.95. The summed E-state index contributed by atoms with van der Waals surface area (Å²) in [6.07, 6.45) is -3.32. The van der Waals surface area contributed by atoms with Gasteiger partial charge in [-0.1, -0.05) is 0 Å². The molecule has 4 nitrogen and oxygen atoms in total. The van der Waals surface area contributed by atoms with Gasteiger partial charge in [-0.05, 0) is 25.1 Å². The molecule has 1 aromatic rings. The molecule has 0 aliphatic carbocycles. The smallest absolute Gasteiger partial charge is 0.401 e. The average Bonchev–Trinajstić information content (AvgIpc) is 2.14. The summed E-state index contributed by atoms with van der Waals surface area (Å²) >= 11 is 0. The molecule has 1 rings (SSSR count). The first kappa shape index (κ1) is 13.2. The fraction of sp³-hybridized carbons (Fsp3) is 0.200. The summed E-state index contributed by atoms with van der Waals surface area (Å²) in [5, 5.41) is 0.800. The predicted molar refractivity (Wildman–Crippen MR) is 60.5 cm³/mol. The van der Waals surface area contributed by atoms with Gasteiger partial charge in [0.2, 0.25) is 0 Å². The van der Waals surface area contributed by atoms with Crippen molar-refractivity contribution >= 4 is 11.4 Å². The van der Waals surface area contributed by atoms with E-state index in [0.717, 1.165) is 17.1 Å². The predicted octanol–water partition coefficient (Wildman–Crippen LogP) is 1.79. The maximum Gasteiger partial charge on any atom is 0.418 e. The third-order valence-corrected chi connectivity index (χ3v) is 1.95. The second-order valence-electron chi connectivity index (χ2n) is 3.55. The number of nitrogens with two attached hydrogens (primary N) is 3. The van der Waals surface area contributed by atoms with Crippen LogP contribution >= 0.6 is 0 Å². The Hall–Kier alpha value is -1.89. The Balaban J connectivity index is 3.30. The van der Waals surface area contributed by atoms with Crippen molar-refractivity contribution in [2.75, 3.05) is 10.7 Å². The van der Waals surface area contributed by atoms with Crippen LogP contribution in [0.25, 0.3) is 0 Å². The molecule has 0 heterocycles. The number of nitrogen functional groups attached to an aromatic ring is 1. The summed E-state index contributed by atoms with van der Waals surface area (Å²) in [5.74, 6) is 5.48. The second kappa shape index (κ2) is 4.54. The minimum Gasteiger partial charge on any atom is -0.401 e. The molecule has 0 saturated heterocycles. The van der Waals surface area contributed by atoms with Crippen LogP contribution in [-0.4, -0.2) is 0 Å². The van der Waals surface area contributed by atoms with Crippen molar-refractivity contribution in [3.63, 3.8) is 0 Å². The first-order chi connectivity index (χ1) is 7.71. The van der Waals surface area contributed by atoms with E-state index >= 15 is 0 Å². The van der Waals surface area contributed by atoms with Crippen LogP contribution in [0.1, 0.15) is 12.5 Å². The Morgan fingerprint density at radius 3 is 2.41 bits per heavy atom. The lowest BCUT2D eigenvalue weighted by Crippen LogP contribution is -2.28. The highest BCUT2D eigenvalue weighted by molar-refractivity contribution is 5.62. The highest BCUT2D eigenvalue weighted by Gasteiger charge is 2.34. The lowest BCUT2D eigenvalue weighted by atomic mass is 10.1. The van der Waals surface area contributed by atoms with Crippen molar-refractivity contribution in [3.8, 4) is 0 Å². The number of rotatable bonds is 2. The molecule has 0 spiro atoms. The van der Waals surface area contributed by atoms with Gasteiger partial charge in [0.05, 0.1) is 11.3 Å². The van der Waals surface area contributed by atoms with Gasteiger partial charge >= 0.3 is 6.18 Å². The molecule has 0 aliphatic heterocycles. The maximum absolute atomic E-state index is 12.7. The van der Waals surface area contributed by atoms with Crippen LogP contribution in [0.4, 0.5) is 24.5 Å². The van der Waals surface area contributed by atoms with Crippen LogP contribution in [0.3, 0.4) is 0 Å². The monoisotopic (exact) mass is 246 g/mol. The van der Waals surface area contributed by atoms with Crippen LogP contribution in [0.2, 0.25) is 0 Å². The van der Waals surface area contributed by atoms with Gasteiger partial charge in [-0.15, -0.1) is 0 Å². The van der Waals surface area contributed by atoms with E-state index in [4.69, 9.17) is 17.3 Å². The van der Waals surface area contributed by atoms with E-state index < -0.39 is 11.7 Å². The lowest BCUT2D eigenvalue weighted by Gasteiger charge is -2.20. The average molecular weight is 246 g/mol. The summed E-state index contributed by atoms with van der Waals surface area (Å²) in [4.78, 5) is 0. The molecule has 0 aliphatic rings. The van der Waals surface area contributed by atoms with E-state index in [2.05, 4.69) is 0 Å². The molecule has 0 atom stereocenters. The lowest BCUT2D eigenvalue weighted by molar-refractivity contribution is -0.137. The molecular formula is C10H13F3N4. The summed E-state index contributed by atoms with van der Waals surface area (Å²) in [7, 11) is 0. The van der Waals surface area contributed by atoms with Crippen molar-refractivity contribution in [2.24, 2.45) is 11.6 Å². The Kier molecular flexibility index (Phi) is 3.52. The minimum atomic E-state index is -4.50. The van der Waals surface area contributed by atoms with E-state index in [1.807, 2.05) is 0 Å². The number of hydrazine groups is 1. The van der Waals surface area contributed by atoms with E-state index in [1.54, 1.807) is 0 Å². The zero-order chi connectivity index (χ0) is 13.2. The molecule has 1 aromatic carbocycles. The van der Waals surface area contributed by atoms with Crippen molar-refractivity contribution in [2.45, 2.75) is 13.1 Å². The number of halogens is 3. The fourth-order valence-electron chi connectivity index (χ4n) is 1.29. The first-order valence-electron chi connectivity index (χ1n) is 4.66. The molecule has 17 heavy (non-hydrogen) atoms. The minimum absolute atomic E-state index is 0.187. The van der Waals surface area contributed by atoms with Crippen LogP contribution in [-0.2, 0) is 6.18 Å². The molecular weight excluding hydrogens is 233 g/mol. The molecule has 0 fully saturated rings. The summed E-state index contributed by atoms with van der Waals surface area (Å²) < 4.78 is 38.1. The molecule has 0 aromatic heterocycles. The normalized spacial score (nSPS) is 12.6. The number of benzene rings is 1. The number of alkyl halides is 3. The first-order valence-corrected chi connectivity index (χ1v) is 4.66. The Morgan fingerprint density at radius 2 is 1.94 bits per heavy atom. The molecule has 94 valence electrons. The van der Waals surface area contributed by atoms with Crippen molar-refractivity contribution in [3.05, 3.63) is 35.7 Å². The van der Waals surface area contributed by atoms with E-state index in [1.165, 1.54) is 19.2 Å². The molecule has 0 bridgehead atoms. The van der Waals surface area contributed by atoms with Gasteiger partial charge in [0.25, 0.3) is 0 Å². The summed E-state index contributed by atoms with van der Waals surface area (Å²) in [5.41, 5.74) is 10.1. The SMILES string of the molecule is C/C(N)=C/N(N)c1cc(N)ccc1C(F)(F)F. The van der Waals surface area contributed by atoms with Gasteiger partial charge in [-0.3, -0.25) is 5.01 Å². The second-order valence-corrected chi connectivity index (χ2v) is 3.55. The highest BCUT2D eigenvalue weighted by atomic mass is 19.4. The number of hydrogen-bond donors (Lipinski definition) is 3. The molecule has 0 unspecified atom stereocenters. The zero-order valence-electron chi connectivity index (χ0n) is 9.12. The van der Waals surface area contributed by atoms with Crippen LogP contribution in [0, 0.1) is 0 Å². The van der Waals surface area contributed by atoms with E-state index in [9.17, 15) is 13.2 Å². The Bertz CT molecular complexity index is 436. The van der Waals surface area contributed by atoms with Gasteiger partial charge < -0.3 is 11.5 Å². The number of nitrogens with zero attached hydrogens (tertiary/aromatic N) is 1. The summed E-state index contributed by atoms with van der Waals surface area (Å²) in [6, 6.07) is 3.19. The highest BCUT2D eigenvalue weighted by Crippen LogP contribution is 2.37. The van der Waals surface area contributed by atoms with Crippen LogP contribution in [0.15, 0.2) is 30.1 Å². The number of anilines is 2. The molecule has 6 N–H and O–H groups in total. The molecule has 0 saturated carbocycles. The zero-order valence-corrected chi connectivity index (χ0v) is 9.12. The standard InChI is InChI=1S/C10H13F3N4/c1-6(14)5-17(16)9-4-7(15)2-3-8(9)10(11,12)13/h2-5H,14-16H2,1H3/b6-5-. The maximum atomic E-state index is 12.7. The summed E-state index contributed by atoms with van der Waals surface area (Å²) in [6.45, 7) is 1.51. The molecule has 7 heteroatoms. The van der Waals surface area contributed by atoms with E-state index in [-0.39, 0.29) is 17.1 Å². The van der Waals surface area contributed by atoms with Crippen molar-refractivity contribution in [1.82, 2.24) is 0 Å². The third kappa shape index (κ3) is 3.28. The van der Waals surface area contributed by atoms with Gasteiger partial charge in [0, 0.05) is 17.6 Å². The van der Waals surface area contributed by atoms with Crippen LogP contribution in [0.5, 0.6) is 0 Å². The van der Waals surface area contributed by atoms with Crippen molar-refractivity contribution in [1.29, 1.82) is 0 Å². The van der Waals surface area contributed by atoms with Gasteiger partial charge in [-0.2, -0.15) is 13.2 Å². The number of allylic oxidation sites excluding steroid dienone is 1.